The van der Waals surface area contributed by atoms with E-state index in [9.17, 15) is 28.8 Å². The van der Waals surface area contributed by atoms with Gasteiger partial charge < -0.3 is 36.6 Å². The second-order valence-corrected chi connectivity index (χ2v) is 13.6. The lowest BCUT2D eigenvalue weighted by molar-refractivity contribution is -0.138. The fourth-order valence-electron chi connectivity index (χ4n) is 3.80. The van der Waals surface area contributed by atoms with E-state index in [1.807, 2.05) is 27.8 Å². The molecular weight excluding hydrogens is 687 g/mol. The van der Waals surface area contributed by atoms with Crippen LogP contribution in [0.25, 0.3) is 0 Å². The molecule has 1 aromatic carbocycles. The zero-order chi connectivity index (χ0) is 40.3. The summed E-state index contributed by atoms with van der Waals surface area (Å²) >= 11 is 1.68. The molecule has 0 radical (unpaired) electrons. The molecule has 14 nitrogen and oxygen atoms in total. The fraction of sp³-hybridized carbons (Fsp3) is 0.676. The molecule has 1 aromatic rings. The van der Waals surface area contributed by atoms with E-state index in [0.717, 1.165) is 48.7 Å². The molecule has 6 N–H and O–H groups in total. The Labute approximate surface area is 319 Å². The summed E-state index contributed by atoms with van der Waals surface area (Å²) in [7, 11) is 6.10. The van der Waals surface area contributed by atoms with Gasteiger partial charge in [-0.2, -0.15) is 11.8 Å². The molecule has 2 atom stereocenters. The Hall–Kier alpha value is -3.53. The highest BCUT2D eigenvalue weighted by Gasteiger charge is 2.25. The number of amides is 5. The maximum atomic E-state index is 12.7. The van der Waals surface area contributed by atoms with Gasteiger partial charge in [-0.25, -0.2) is 0 Å². The maximum Gasteiger partial charge on any atom is 0.293 e. The SMILES string of the molecule is CC.CCCN.CCCSC(C)CC(=O)N(C=O)CCCC(=O)NC(C(=O)NCC(=O)Nc1ccc(COC=O)cc1)C(C)C.CNCCN(C)C.[HH]. The number of nitrogens with zero attached hydrogens (tertiary/aromatic N) is 2. The number of hydrogen-bond acceptors (Lipinski definition) is 11. The van der Waals surface area contributed by atoms with Crippen LogP contribution in [0, 0.1) is 5.92 Å². The van der Waals surface area contributed by atoms with Crippen LogP contribution < -0.4 is 27.0 Å². The molecule has 0 saturated carbocycles. The van der Waals surface area contributed by atoms with E-state index in [1.54, 1.807) is 49.9 Å². The van der Waals surface area contributed by atoms with Crippen molar-refractivity contribution in [1.82, 2.24) is 25.8 Å². The summed E-state index contributed by atoms with van der Waals surface area (Å²) in [6, 6.07) is 5.82. The van der Waals surface area contributed by atoms with Crippen LogP contribution in [0.5, 0.6) is 0 Å². The van der Waals surface area contributed by atoms with Gasteiger partial charge in [0.1, 0.15) is 12.6 Å². The third-order valence-corrected chi connectivity index (χ3v) is 8.04. The number of hydrogen-bond donors (Lipinski definition) is 5. The number of rotatable bonds is 23. The summed E-state index contributed by atoms with van der Waals surface area (Å²) in [5.74, 6) is -0.917. The number of carbonyl (C=O) groups is 6. The first-order chi connectivity index (χ1) is 24.8. The minimum absolute atomic E-state index is 0. The van der Waals surface area contributed by atoms with Crippen molar-refractivity contribution in [2.75, 3.05) is 64.9 Å². The van der Waals surface area contributed by atoms with Crippen molar-refractivity contribution in [3.8, 4) is 0 Å². The molecule has 0 bridgehead atoms. The molecule has 2 unspecified atom stereocenters. The number of thioether (sulfide) groups is 1. The van der Waals surface area contributed by atoms with E-state index in [4.69, 9.17) is 5.73 Å². The van der Waals surface area contributed by atoms with Gasteiger partial charge in [0.15, 0.2) is 0 Å². The third kappa shape index (κ3) is 30.1. The minimum atomic E-state index is -0.859. The molecule has 5 amide bonds. The van der Waals surface area contributed by atoms with E-state index in [1.165, 1.54) is 0 Å². The van der Waals surface area contributed by atoms with Crippen LogP contribution in [0.2, 0.25) is 0 Å². The highest BCUT2D eigenvalue weighted by molar-refractivity contribution is 7.99. The van der Waals surface area contributed by atoms with E-state index in [0.29, 0.717) is 18.6 Å². The summed E-state index contributed by atoms with van der Waals surface area (Å²) in [5.41, 5.74) is 6.29. The molecule has 0 saturated heterocycles. The van der Waals surface area contributed by atoms with Gasteiger partial charge >= 0.3 is 0 Å². The zero-order valence-electron chi connectivity index (χ0n) is 33.4. The van der Waals surface area contributed by atoms with Gasteiger partial charge in [-0.1, -0.05) is 60.6 Å². The Morgan fingerprint density at radius 3 is 2.06 bits per heavy atom. The standard InChI is InChI=1S/C27H40N4O7S.C5H14N2.C3H9N.C2H6.H2/c1-5-13-39-20(4)14-25(36)31(17-32)12-6-7-23(34)30-26(19(2)3)27(37)28-15-24(35)29-22-10-8-21(9-11-22)16-38-18-33;1-6-4-5-7(2)3;1-2-3-4;1-2;/h8-11,17-20,26H,5-7,12-16H2,1-4H3,(H,28,37)(H,29,35)(H,30,34);6H,4-5H2,1-3H3;2-4H2,1H3;1-2H3;1H. The smallest absolute Gasteiger partial charge is 0.293 e. The van der Waals surface area contributed by atoms with Crippen LogP contribution in [-0.2, 0) is 40.1 Å². The van der Waals surface area contributed by atoms with Crippen molar-refractivity contribution >= 4 is 54.0 Å². The summed E-state index contributed by atoms with van der Waals surface area (Å²) in [6.45, 7) is 16.9. The molecule has 0 heterocycles. The number of ether oxygens (including phenoxy) is 1. The second-order valence-electron chi connectivity index (χ2n) is 12.0. The number of anilines is 1. The topological polar surface area (TPSA) is 192 Å². The number of likely N-dealkylation sites (N-methyl/N-ethyl adjacent to an activating group) is 2. The Morgan fingerprint density at radius 2 is 1.60 bits per heavy atom. The van der Waals surface area contributed by atoms with Gasteiger partial charge in [0.25, 0.3) is 6.47 Å². The second kappa shape index (κ2) is 35.9. The summed E-state index contributed by atoms with van der Waals surface area (Å²) in [5, 5.41) is 11.0. The van der Waals surface area contributed by atoms with Crippen molar-refractivity contribution in [3.63, 3.8) is 0 Å². The first-order valence-corrected chi connectivity index (χ1v) is 19.2. The van der Waals surface area contributed by atoms with E-state index in [2.05, 4.69) is 58.8 Å². The van der Waals surface area contributed by atoms with Crippen molar-refractivity contribution in [3.05, 3.63) is 29.8 Å². The van der Waals surface area contributed by atoms with Crippen molar-refractivity contribution < 1.29 is 34.9 Å². The molecule has 52 heavy (non-hydrogen) atoms. The zero-order valence-corrected chi connectivity index (χ0v) is 34.2. The normalized spacial score (nSPS) is 11.2. The predicted molar refractivity (Wildman–Crippen MR) is 215 cm³/mol. The average molecular weight is 758 g/mol. The van der Waals surface area contributed by atoms with Crippen molar-refractivity contribution in [2.24, 2.45) is 11.7 Å². The number of nitrogens with two attached hydrogens (primary N) is 1. The Balaban J connectivity index is -0.000000734. The van der Waals surface area contributed by atoms with Gasteiger partial charge in [0.05, 0.1) is 6.54 Å². The fourth-order valence-corrected chi connectivity index (χ4v) is 4.70. The Bertz CT molecular complexity index is 1100. The highest BCUT2D eigenvalue weighted by Crippen LogP contribution is 2.16. The van der Waals surface area contributed by atoms with Crippen LogP contribution in [0.1, 0.15) is 87.6 Å². The molecule has 15 heteroatoms. The van der Waals surface area contributed by atoms with Crippen molar-refractivity contribution in [2.45, 2.75) is 98.5 Å². The Morgan fingerprint density at radius 1 is 0.981 bits per heavy atom. The average Bonchev–Trinajstić information content (AvgIpc) is 3.13. The van der Waals surface area contributed by atoms with E-state index in [-0.39, 0.29) is 57.5 Å². The first-order valence-electron chi connectivity index (χ1n) is 18.2. The van der Waals surface area contributed by atoms with Crippen LogP contribution in [-0.4, -0.2) is 117 Å². The lowest BCUT2D eigenvalue weighted by Crippen LogP contribution is -2.51. The largest absolute Gasteiger partial charge is 0.463 e. The molecule has 302 valence electrons. The third-order valence-electron chi connectivity index (χ3n) is 6.66. The molecule has 0 aliphatic carbocycles. The molecule has 1 rings (SSSR count). The van der Waals surface area contributed by atoms with Crippen LogP contribution >= 0.6 is 11.8 Å². The maximum absolute atomic E-state index is 12.7. The van der Waals surface area contributed by atoms with Gasteiger partial charge in [0.2, 0.25) is 30.0 Å². The molecule has 0 spiro atoms. The highest BCUT2D eigenvalue weighted by atomic mass is 32.2. The Kier molecular flexibility index (Phi) is 36.4. The molecule has 0 aliphatic rings. The van der Waals surface area contributed by atoms with Gasteiger partial charge in [0, 0.05) is 44.8 Å². The molecule has 0 fully saturated rings. The molecule has 0 aliphatic heterocycles. The number of imide groups is 1. The summed E-state index contributed by atoms with van der Waals surface area (Å²) < 4.78 is 4.67. The van der Waals surface area contributed by atoms with Gasteiger partial charge in [-0.3, -0.25) is 33.7 Å². The quantitative estimate of drug-likeness (QED) is 0.102. The lowest BCUT2D eigenvalue weighted by Gasteiger charge is -2.22. The first kappa shape index (κ1) is 52.8. The van der Waals surface area contributed by atoms with E-state index >= 15 is 0 Å². The van der Waals surface area contributed by atoms with Crippen molar-refractivity contribution in [1.29, 1.82) is 0 Å². The van der Waals surface area contributed by atoms with Gasteiger partial charge in [-0.15, -0.1) is 0 Å². The minimum Gasteiger partial charge on any atom is -0.463 e. The van der Waals surface area contributed by atoms with Crippen LogP contribution in [0.4, 0.5) is 5.69 Å². The molecule has 0 aromatic heterocycles. The van der Waals surface area contributed by atoms with Gasteiger partial charge in [-0.05, 0) is 76.3 Å². The number of carbonyl (C=O) groups excluding carboxylic acids is 6. The molecular formula is C37H71N7O7S. The number of benzene rings is 1. The van der Waals surface area contributed by atoms with Crippen LogP contribution in [0.3, 0.4) is 0 Å². The lowest BCUT2D eigenvalue weighted by atomic mass is 10.0. The number of nitrogens with one attached hydrogen (secondary N) is 4. The summed E-state index contributed by atoms with van der Waals surface area (Å²) in [4.78, 5) is 74.6. The van der Waals surface area contributed by atoms with Crippen LogP contribution in [0.15, 0.2) is 24.3 Å². The summed E-state index contributed by atoms with van der Waals surface area (Å²) in [6.07, 6.45) is 3.14. The predicted octanol–water partition coefficient (Wildman–Crippen LogP) is 3.64. The monoisotopic (exact) mass is 758 g/mol. The van der Waals surface area contributed by atoms with E-state index < -0.39 is 23.8 Å².